The molecule has 3 nitrogen and oxygen atoms in total. The number of rotatable bonds is 9. The van der Waals surface area contributed by atoms with E-state index >= 15 is 0 Å². The molecule has 0 aromatic heterocycles. The maximum atomic E-state index is 9.34. The Bertz CT molecular complexity index is 123. The molecule has 0 saturated heterocycles. The van der Waals surface area contributed by atoms with E-state index < -0.39 is 0 Å². The Labute approximate surface area is 102 Å². The summed E-state index contributed by atoms with van der Waals surface area (Å²) in [6, 6.07) is 0. The van der Waals surface area contributed by atoms with Crippen molar-refractivity contribution >= 4 is 6.29 Å². The van der Waals surface area contributed by atoms with Gasteiger partial charge in [0.05, 0.1) is 6.54 Å². The number of nitrogens with one attached hydrogen (secondary N) is 1. The van der Waals surface area contributed by atoms with Crippen molar-refractivity contribution in [1.29, 1.82) is 0 Å². The van der Waals surface area contributed by atoms with E-state index in [1.54, 1.807) is 7.05 Å². The summed E-state index contributed by atoms with van der Waals surface area (Å²) in [5.74, 6) is 0. The van der Waals surface area contributed by atoms with Crippen LogP contribution in [0.15, 0.2) is 0 Å². The van der Waals surface area contributed by atoms with Crippen LogP contribution in [0.5, 0.6) is 0 Å². The van der Waals surface area contributed by atoms with Crippen LogP contribution in [0.25, 0.3) is 0 Å². The van der Waals surface area contributed by atoms with Crippen molar-refractivity contribution in [2.45, 2.75) is 46.5 Å². The van der Waals surface area contributed by atoms with Gasteiger partial charge in [0.2, 0.25) is 0 Å². The van der Waals surface area contributed by atoms with Gasteiger partial charge in [0.15, 0.2) is 0 Å². The Morgan fingerprint density at radius 2 is 1.56 bits per heavy atom. The molecule has 0 fully saturated rings. The number of carbonyl (C=O) groups excluding carboxylic acids is 1. The molecular weight excluding hydrogens is 200 g/mol. The van der Waals surface area contributed by atoms with Crippen molar-refractivity contribution in [1.82, 2.24) is 10.2 Å². The highest BCUT2D eigenvalue weighted by Crippen LogP contribution is 1.97. The molecule has 0 aliphatic heterocycles. The van der Waals surface area contributed by atoms with Gasteiger partial charge >= 0.3 is 0 Å². The Morgan fingerprint density at radius 3 is 1.81 bits per heavy atom. The van der Waals surface area contributed by atoms with Crippen LogP contribution in [0.2, 0.25) is 0 Å². The van der Waals surface area contributed by atoms with E-state index in [4.69, 9.17) is 0 Å². The quantitative estimate of drug-likeness (QED) is 0.617. The summed E-state index contributed by atoms with van der Waals surface area (Å²) >= 11 is 0. The molecule has 98 valence electrons. The van der Waals surface area contributed by atoms with E-state index in [1.165, 1.54) is 45.3 Å². The third-order valence-electron chi connectivity index (χ3n) is 2.20. The molecule has 0 saturated carbocycles. The minimum atomic E-state index is 0.458. The molecule has 0 unspecified atom stereocenters. The predicted molar refractivity (Wildman–Crippen MR) is 71.9 cm³/mol. The molecule has 0 atom stereocenters. The number of hydrogen-bond acceptors (Lipinski definition) is 3. The lowest BCUT2D eigenvalue weighted by Gasteiger charge is -2.20. The first-order valence-electron chi connectivity index (χ1n) is 6.57. The molecule has 0 bridgehead atoms. The van der Waals surface area contributed by atoms with Gasteiger partial charge in [-0.25, -0.2) is 0 Å². The highest BCUT2D eigenvalue weighted by Gasteiger charge is 1.99. The van der Waals surface area contributed by atoms with Crippen LogP contribution in [0.4, 0.5) is 0 Å². The first kappa shape index (κ1) is 18.0. The van der Waals surface area contributed by atoms with Crippen LogP contribution in [0, 0.1) is 0 Å². The standard InChI is InChI=1S/C10H23N.C3H7NO/c1-4-7-10-11(8-5-2)9-6-3;1-4-2-3-5/h4-10H2,1-3H3;3-4H,2H2,1H3. The molecule has 3 heteroatoms. The molecule has 0 aromatic rings. The Kier molecular flexibility index (Phi) is 19.1. The zero-order chi connectivity index (χ0) is 12.6. The van der Waals surface area contributed by atoms with E-state index in [-0.39, 0.29) is 0 Å². The lowest BCUT2D eigenvalue weighted by Crippen LogP contribution is -2.26. The van der Waals surface area contributed by atoms with E-state index in [2.05, 4.69) is 31.0 Å². The fourth-order valence-electron chi connectivity index (χ4n) is 1.43. The van der Waals surface area contributed by atoms with E-state index in [0.717, 1.165) is 6.29 Å². The maximum Gasteiger partial charge on any atom is 0.133 e. The van der Waals surface area contributed by atoms with Crippen molar-refractivity contribution in [3.8, 4) is 0 Å². The Balaban J connectivity index is 0. The molecule has 0 aromatic carbocycles. The first-order chi connectivity index (χ1) is 7.76. The van der Waals surface area contributed by atoms with Gasteiger partial charge in [0, 0.05) is 0 Å². The molecule has 0 spiro atoms. The van der Waals surface area contributed by atoms with Gasteiger partial charge in [-0.2, -0.15) is 0 Å². The third kappa shape index (κ3) is 16.0. The van der Waals surface area contributed by atoms with E-state index in [0.29, 0.717) is 6.54 Å². The van der Waals surface area contributed by atoms with Gasteiger partial charge in [-0.1, -0.05) is 27.2 Å². The van der Waals surface area contributed by atoms with Gasteiger partial charge in [-0.05, 0) is 45.9 Å². The summed E-state index contributed by atoms with van der Waals surface area (Å²) in [5, 5.41) is 2.65. The summed E-state index contributed by atoms with van der Waals surface area (Å²) in [7, 11) is 1.73. The number of likely N-dealkylation sites (N-methyl/N-ethyl adjacent to an activating group) is 1. The zero-order valence-electron chi connectivity index (χ0n) is 11.6. The van der Waals surface area contributed by atoms with Crippen LogP contribution in [-0.2, 0) is 4.79 Å². The zero-order valence-corrected chi connectivity index (χ0v) is 11.6. The summed E-state index contributed by atoms with van der Waals surface area (Å²) in [5.41, 5.74) is 0. The number of unbranched alkanes of at least 4 members (excludes halogenated alkanes) is 1. The average molecular weight is 230 g/mol. The average Bonchev–Trinajstić information content (AvgIpc) is 2.28. The van der Waals surface area contributed by atoms with Crippen LogP contribution in [0.3, 0.4) is 0 Å². The van der Waals surface area contributed by atoms with Gasteiger partial charge in [-0.15, -0.1) is 0 Å². The largest absolute Gasteiger partial charge is 0.313 e. The predicted octanol–water partition coefficient (Wildman–Crippen LogP) is 2.31. The summed E-state index contributed by atoms with van der Waals surface area (Å²) in [6.07, 6.45) is 6.09. The van der Waals surface area contributed by atoms with Crippen molar-refractivity contribution in [3.63, 3.8) is 0 Å². The lowest BCUT2D eigenvalue weighted by atomic mass is 10.3. The lowest BCUT2D eigenvalue weighted by molar-refractivity contribution is -0.107. The second-order valence-corrected chi connectivity index (χ2v) is 3.92. The molecule has 0 rings (SSSR count). The summed E-state index contributed by atoms with van der Waals surface area (Å²) in [4.78, 5) is 11.9. The second kappa shape index (κ2) is 17.0. The Morgan fingerprint density at radius 1 is 1.00 bits per heavy atom. The highest BCUT2D eigenvalue weighted by molar-refractivity contribution is 5.51. The van der Waals surface area contributed by atoms with Crippen LogP contribution >= 0.6 is 0 Å². The summed E-state index contributed by atoms with van der Waals surface area (Å²) < 4.78 is 0. The van der Waals surface area contributed by atoms with Crippen LogP contribution in [-0.4, -0.2) is 44.4 Å². The monoisotopic (exact) mass is 230 g/mol. The molecule has 0 heterocycles. The van der Waals surface area contributed by atoms with Gasteiger partial charge < -0.3 is 15.0 Å². The normalized spacial score (nSPS) is 9.81. The molecule has 0 aliphatic carbocycles. The number of carbonyl (C=O) groups is 1. The third-order valence-corrected chi connectivity index (χ3v) is 2.20. The van der Waals surface area contributed by atoms with Gasteiger partial charge in [0.25, 0.3) is 0 Å². The van der Waals surface area contributed by atoms with Crippen LogP contribution < -0.4 is 5.32 Å². The highest BCUT2D eigenvalue weighted by atomic mass is 16.1. The van der Waals surface area contributed by atoms with Crippen molar-refractivity contribution in [2.24, 2.45) is 0 Å². The molecule has 1 N–H and O–H groups in total. The number of nitrogens with zero attached hydrogens (tertiary/aromatic N) is 1. The topological polar surface area (TPSA) is 32.3 Å². The fourth-order valence-corrected chi connectivity index (χ4v) is 1.43. The number of aldehydes is 1. The molecule has 0 radical (unpaired) electrons. The Hall–Kier alpha value is -0.410. The minimum absolute atomic E-state index is 0.458. The first-order valence-corrected chi connectivity index (χ1v) is 6.57. The van der Waals surface area contributed by atoms with Crippen LogP contribution in [0.1, 0.15) is 46.5 Å². The smallest absolute Gasteiger partial charge is 0.133 e. The summed E-state index contributed by atoms with van der Waals surface area (Å²) in [6.45, 7) is 11.1. The molecule has 16 heavy (non-hydrogen) atoms. The number of hydrogen-bond donors (Lipinski definition) is 1. The maximum absolute atomic E-state index is 9.34. The van der Waals surface area contributed by atoms with Crippen molar-refractivity contribution in [2.75, 3.05) is 33.2 Å². The second-order valence-electron chi connectivity index (χ2n) is 3.92. The molecule has 0 aliphatic rings. The van der Waals surface area contributed by atoms with E-state index in [1.807, 2.05) is 0 Å². The van der Waals surface area contributed by atoms with Gasteiger partial charge in [-0.3, -0.25) is 0 Å². The minimum Gasteiger partial charge on any atom is -0.313 e. The molecule has 0 amide bonds. The van der Waals surface area contributed by atoms with Crippen molar-refractivity contribution < 1.29 is 4.79 Å². The van der Waals surface area contributed by atoms with E-state index in [9.17, 15) is 4.79 Å². The molecular formula is C13H30N2O. The van der Waals surface area contributed by atoms with Gasteiger partial charge in [0.1, 0.15) is 6.29 Å². The fraction of sp³-hybridized carbons (Fsp3) is 0.923. The van der Waals surface area contributed by atoms with Crippen molar-refractivity contribution in [3.05, 3.63) is 0 Å². The SMILES string of the molecule is CCCCN(CCC)CCC.CNCC=O.